The molecule has 0 bridgehead atoms. The first-order chi connectivity index (χ1) is 11.4. The molecule has 1 aromatic rings. The Hall–Kier alpha value is -0.860. The summed E-state index contributed by atoms with van der Waals surface area (Å²) in [6.07, 6.45) is 1.83. The second kappa shape index (κ2) is 10.3. The third kappa shape index (κ3) is 6.11. The van der Waals surface area contributed by atoms with Crippen LogP contribution in [0, 0.1) is 5.92 Å². The SMILES string of the molecule is CCOCCOc1ccc(S(=O)(=O)N2CCCC(C(C)N)C2)cc1.Cl. The standard InChI is InChI=1S/C17H28N2O4S.ClH/c1-3-22-11-12-23-16-6-8-17(9-7-16)24(20,21)19-10-4-5-15(13-19)14(2)18;/h6-9,14-15H,3-5,10-13,18H2,1-2H3;1H. The number of hydrogen-bond acceptors (Lipinski definition) is 5. The van der Waals surface area contributed by atoms with E-state index in [2.05, 4.69) is 0 Å². The Morgan fingerprint density at radius 3 is 2.56 bits per heavy atom. The van der Waals surface area contributed by atoms with Gasteiger partial charge in [-0.15, -0.1) is 12.4 Å². The summed E-state index contributed by atoms with van der Waals surface area (Å²) in [7, 11) is -3.48. The molecule has 2 atom stereocenters. The van der Waals surface area contributed by atoms with E-state index in [9.17, 15) is 8.42 Å². The van der Waals surface area contributed by atoms with Crippen molar-refractivity contribution in [2.75, 3.05) is 32.9 Å². The lowest BCUT2D eigenvalue weighted by Gasteiger charge is -2.33. The molecular formula is C17H29ClN2O4S. The Bertz CT molecular complexity index is 608. The molecule has 144 valence electrons. The lowest BCUT2D eigenvalue weighted by atomic mass is 9.93. The molecule has 1 aliphatic rings. The predicted octanol–water partition coefficient (Wildman–Crippen LogP) is 2.27. The molecule has 2 unspecified atom stereocenters. The van der Waals surface area contributed by atoms with E-state index in [1.165, 1.54) is 0 Å². The Morgan fingerprint density at radius 1 is 1.28 bits per heavy atom. The van der Waals surface area contributed by atoms with Crippen LogP contribution in [-0.4, -0.2) is 51.7 Å². The molecule has 0 amide bonds. The zero-order valence-corrected chi connectivity index (χ0v) is 16.5. The van der Waals surface area contributed by atoms with E-state index in [1.54, 1.807) is 28.6 Å². The molecule has 0 aromatic heterocycles. The fourth-order valence-corrected chi connectivity index (χ4v) is 4.38. The Morgan fingerprint density at radius 2 is 1.96 bits per heavy atom. The van der Waals surface area contributed by atoms with Crippen molar-refractivity contribution < 1.29 is 17.9 Å². The summed E-state index contributed by atoms with van der Waals surface area (Å²) in [4.78, 5) is 0.296. The molecule has 1 aliphatic heterocycles. The molecule has 2 N–H and O–H groups in total. The summed E-state index contributed by atoms with van der Waals surface area (Å²) in [6.45, 7) is 6.53. The number of rotatable bonds is 8. The third-order valence-electron chi connectivity index (χ3n) is 4.33. The van der Waals surface area contributed by atoms with Crippen molar-refractivity contribution in [3.63, 3.8) is 0 Å². The summed E-state index contributed by atoms with van der Waals surface area (Å²) < 4.78 is 37.9. The first-order valence-corrected chi connectivity index (χ1v) is 9.95. The molecule has 0 radical (unpaired) electrons. The summed E-state index contributed by atoms with van der Waals surface area (Å²) in [6, 6.07) is 6.57. The largest absolute Gasteiger partial charge is 0.491 e. The zero-order valence-electron chi connectivity index (χ0n) is 14.9. The first-order valence-electron chi connectivity index (χ1n) is 8.51. The summed E-state index contributed by atoms with van der Waals surface area (Å²) >= 11 is 0. The minimum absolute atomic E-state index is 0. The van der Waals surface area contributed by atoms with Crippen molar-refractivity contribution in [2.45, 2.75) is 37.6 Å². The molecule has 25 heavy (non-hydrogen) atoms. The number of ether oxygens (including phenoxy) is 2. The minimum atomic E-state index is -3.48. The molecule has 1 aromatic carbocycles. The van der Waals surface area contributed by atoms with E-state index in [0.29, 0.717) is 43.6 Å². The quantitative estimate of drug-likeness (QED) is 0.686. The van der Waals surface area contributed by atoms with Crippen LogP contribution in [0.15, 0.2) is 29.2 Å². The summed E-state index contributed by atoms with van der Waals surface area (Å²) in [5.74, 6) is 0.857. The molecule has 0 aliphatic carbocycles. The maximum atomic E-state index is 12.8. The van der Waals surface area contributed by atoms with Gasteiger partial charge in [0.2, 0.25) is 10.0 Å². The Balaban J connectivity index is 0.00000312. The number of nitrogens with zero attached hydrogens (tertiary/aromatic N) is 1. The van der Waals surface area contributed by atoms with E-state index >= 15 is 0 Å². The maximum absolute atomic E-state index is 12.8. The molecular weight excluding hydrogens is 364 g/mol. The Kier molecular flexibility index (Phi) is 9.16. The monoisotopic (exact) mass is 392 g/mol. The molecule has 6 nitrogen and oxygen atoms in total. The number of halogens is 1. The van der Waals surface area contributed by atoms with Gasteiger partial charge in [-0.05, 0) is 56.9 Å². The van der Waals surface area contributed by atoms with Gasteiger partial charge in [-0.3, -0.25) is 0 Å². The van der Waals surface area contributed by atoms with Gasteiger partial charge in [-0.25, -0.2) is 8.42 Å². The average molecular weight is 393 g/mol. The molecule has 8 heteroatoms. The van der Waals surface area contributed by atoms with Gasteiger partial charge in [0, 0.05) is 25.7 Å². The Labute approximate surface area is 157 Å². The average Bonchev–Trinajstić information content (AvgIpc) is 2.59. The van der Waals surface area contributed by atoms with Crippen molar-refractivity contribution in [1.29, 1.82) is 0 Å². The maximum Gasteiger partial charge on any atom is 0.243 e. The second-order valence-corrected chi connectivity index (χ2v) is 8.08. The smallest absolute Gasteiger partial charge is 0.243 e. The van der Waals surface area contributed by atoms with E-state index in [0.717, 1.165) is 12.8 Å². The van der Waals surface area contributed by atoms with Crippen LogP contribution in [0.3, 0.4) is 0 Å². The van der Waals surface area contributed by atoms with Gasteiger partial charge in [-0.1, -0.05) is 0 Å². The molecule has 1 saturated heterocycles. The van der Waals surface area contributed by atoms with Gasteiger partial charge in [0.05, 0.1) is 11.5 Å². The van der Waals surface area contributed by atoms with E-state index < -0.39 is 10.0 Å². The second-order valence-electron chi connectivity index (χ2n) is 6.14. The third-order valence-corrected chi connectivity index (χ3v) is 6.21. The van der Waals surface area contributed by atoms with Crippen molar-refractivity contribution in [2.24, 2.45) is 11.7 Å². The van der Waals surface area contributed by atoms with Gasteiger partial charge in [0.25, 0.3) is 0 Å². The van der Waals surface area contributed by atoms with Gasteiger partial charge in [-0.2, -0.15) is 4.31 Å². The van der Waals surface area contributed by atoms with Gasteiger partial charge in [0.15, 0.2) is 0 Å². The lowest BCUT2D eigenvalue weighted by Crippen LogP contribution is -2.44. The fourth-order valence-electron chi connectivity index (χ4n) is 2.84. The molecule has 0 spiro atoms. The van der Waals surface area contributed by atoms with Crippen LogP contribution in [0.25, 0.3) is 0 Å². The van der Waals surface area contributed by atoms with Gasteiger partial charge >= 0.3 is 0 Å². The van der Waals surface area contributed by atoms with Crippen LogP contribution >= 0.6 is 12.4 Å². The summed E-state index contributed by atoms with van der Waals surface area (Å²) in [5, 5.41) is 0. The number of piperidine rings is 1. The number of hydrogen-bond donors (Lipinski definition) is 1. The van der Waals surface area contributed by atoms with E-state index in [-0.39, 0.29) is 24.4 Å². The number of benzene rings is 1. The van der Waals surface area contributed by atoms with E-state index in [1.807, 2.05) is 13.8 Å². The highest BCUT2D eigenvalue weighted by Crippen LogP contribution is 2.26. The van der Waals surface area contributed by atoms with Crippen LogP contribution in [-0.2, 0) is 14.8 Å². The predicted molar refractivity (Wildman–Crippen MR) is 101 cm³/mol. The highest BCUT2D eigenvalue weighted by atomic mass is 35.5. The van der Waals surface area contributed by atoms with Crippen molar-refractivity contribution in [3.8, 4) is 5.75 Å². The summed E-state index contributed by atoms with van der Waals surface area (Å²) in [5.41, 5.74) is 5.95. The van der Waals surface area contributed by atoms with Crippen molar-refractivity contribution in [3.05, 3.63) is 24.3 Å². The van der Waals surface area contributed by atoms with Crippen LogP contribution in [0.2, 0.25) is 0 Å². The lowest BCUT2D eigenvalue weighted by molar-refractivity contribution is 0.110. The topological polar surface area (TPSA) is 81.9 Å². The highest BCUT2D eigenvalue weighted by molar-refractivity contribution is 7.89. The zero-order chi connectivity index (χ0) is 17.6. The fraction of sp³-hybridized carbons (Fsp3) is 0.647. The van der Waals surface area contributed by atoms with Crippen LogP contribution in [0.1, 0.15) is 26.7 Å². The molecule has 2 rings (SSSR count). The minimum Gasteiger partial charge on any atom is -0.491 e. The van der Waals surface area contributed by atoms with Crippen LogP contribution < -0.4 is 10.5 Å². The van der Waals surface area contributed by atoms with Gasteiger partial charge in [0.1, 0.15) is 12.4 Å². The van der Waals surface area contributed by atoms with Crippen molar-refractivity contribution >= 4 is 22.4 Å². The van der Waals surface area contributed by atoms with E-state index in [4.69, 9.17) is 15.2 Å². The number of sulfonamides is 1. The van der Waals surface area contributed by atoms with Crippen molar-refractivity contribution in [1.82, 2.24) is 4.31 Å². The normalized spacial score (nSPS) is 19.9. The number of nitrogens with two attached hydrogens (primary N) is 1. The van der Waals surface area contributed by atoms with Crippen LogP contribution in [0.5, 0.6) is 5.75 Å². The molecule has 1 heterocycles. The van der Waals surface area contributed by atoms with Gasteiger partial charge < -0.3 is 15.2 Å². The molecule has 1 fully saturated rings. The van der Waals surface area contributed by atoms with Crippen LogP contribution in [0.4, 0.5) is 0 Å². The molecule has 0 saturated carbocycles. The first kappa shape index (κ1) is 22.2. The highest BCUT2D eigenvalue weighted by Gasteiger charge is 2.31.